The number of hydrogen-bond acceptors (Lipinski definition) is 3. The molecule has 0 unspecified atom stereocenters. The maximum atomic E-state index is 5.34. The molecule has 0 spiro atoms. The first-order valence-corrected chi connectivity index (χ1v) is 6.97. The van der Waals surface area contributed by atoms with Gasteiger partial charge in [-0.1, -0.05) is 31.2 Å². The highest BCUT2D eigenvalue weighted by molar-refractivity contribution is 5.23. The molecule has 1 aromatic rings. The lowest BCUT2D eigenvalue weighted by molar-refractivity contribution is 0.0384. The van der Waals surface area contributed by atoms with Crippen molar-refractivity contribution < 1.29 is 4.74 Å². The first-order chi connectivity index (χ1) is 8.88. The Morgan fingerprint density at radius 1 is 1.22 bits per heavy atom. The average molecular weight is 248 g/mol. The molecule has 0 aliphatic carbocycles. The number of rotatable bonds is 6. The zero-order chi connectivity index (χ0) is 12.6. The Balaban J connectivity index is 1.65. The largest absolute Gasteiger partial charge is 0.379 e. The van der Waals surface area contributed by atoms with Gasteiger partial charge in [-0.05, 0) is 17.5 Å². The zero-order valence-corrected chi connectivity index (χ0v) is 11.3. The predicted octanol–water partition coefficient (Wildman–Crippen LogP) is 1.67. The molecule has 1 aliphatic rings. The summed E-state index contributed by atoms with van der Waals surface area (Å²) >= 11 is 0. The van der Waals surface area contributed by atoms with Crippen LogP contribution in [-0.4, -0.2) is 44.3 Å². The van der Waals surface area contributed by atoms with Crippen molar-refractivity contribution in [2.24, 2.45) is 0 Å². The van der Waals surface area contributed by atoms with Crippen LogP contribution in [0.25, 0.3) is 0 Å². The Labute approximate surface area is 110 Å². The highest BCUT2D eigenvalue weighted by atomic mass is 16.5. The van der Waals surface area contributed by atoms with Crippen molar-refractivity contribution in [1.82, 2.24) is 10.2 Å². The van der Waals surface area contributed by atoms with Crippen LogP contribution < -0.4 is 5.32 Å². The smallest absolute Gasteiger partial charge is 0.0594 e. The molecule has 1 aliphatic heterocycles. The molecule has 1 fully saturated rings. The first-order valence-electron chi connectivity index (χ1n) is 6.97. The highest BCUT2D eigenvalue weighted by Crippen LogP contribution is 2.05. The third-order valence-electron chi connectivity index (χ3n) is 3.44. The van der Waals surface area contributed by atoms with E-state index < -0.39 is 0 Å². The van der Waals surface area contributed by atoms with Crippen molar-refractivity contribution in [3.8, 4) is 0 Å². The molecule has 100 valence electrons. The lowest BCUT2D eigenvalue weighted by Crippen LogP contribution is -2.40. The monoisotopic (exact) mass is 248 g/mol. The highest BCUT2D eigenvalue weighted by Gasteiger charge is 2.08. The second kappa shape index (κ2) is 7.52. The normalized spacial score (nSPS) is 16.9. The minimum atomic E-state index is 0.887. The number of morpholine rings is 1. The van der Waals surface area contributed by atoms with Gasteiger partial charge in [0.1, 0.15) is 0 Å². The molecule has 0 radical (unpaired) electrons. The van der Waals surface area contributed by atoms with E-state index in [2.05, 4.69) is 41.4 Å². The Morgan fingerprint density at radius 2 is 2.00 bits per heavy atom. The lowest BCUT2D eigenvalue weighted by Gasteiger charge is -2.26. The minimum absolute atomic E-state index is 0.887. The summed E-state index contributed by atoms with van der Waals surface area (Å²) in [5, 5.41) is 3.52. The van der Waals surface area contributed by atoms with Crippen molar-refractivity contribution in [1.29, 1.82) is 0 Å². The summed E-state index contributed by atoms with van der Waals surface area (Å²) in [7, 11) is 0. The molecule has 18 heavy (non-hydrogen) atoms. The summed E-state index contributed by atoms with van der Waals surface area (Å²) in [6.45, 7) is 9.27. The van der Waals surface area contributed by atoms with Crippen molar-refractivity contribution >= 4 is 0 Å². The molecule has 0 aromatic heterocycles. The molecular formula is C15H24N2O. The maximum Gasteiger partial charge on any atom is 0.0594 e. The molecule has 3 nitrogen and oxygen atoms in total. The molecule has 0 atom stereocenters. The van der Waals surface area contributed by atoms with E-state index in [0.29, 0.717) is 0 Å². The summed E-state index contributed by atoms with van der Waals surface area (Å²) in [5.41, 5.74) is 2.80. The number of benzene rings is 1. The van der Waals surface area contributed by atoms with E-state index in [-0.39, 0.29) is 0 Å². The third-order valence-corrected chi connectivity index (χ3v) is 3.44. The fourth-order valence-corrected chi connectivity index (χ4v) is 2.25. The van der Waals surface area contributed by atoms with Crippen LogP contribution in [0.15, 0.2) is 24.3 Å². The summed E-state index contributed by atoms with van der Waals surface area (Å²) < 4.78 is 5.34. The Morgan fingerprint density at radius 3 is 2.78 bits per heavy atom. The van der Waals surface area contributed by atoms with Crippen molar-refractivity contribution in [2.75, 3.05) is 39.4 Å². The summed E-state index contributed by atoms with van der Waals surface area (Å²) in [5.74, 6) is 0. The molecule has 1 aromatic carbocycles. The second-order valence-corrected chi connectivity index (χ2v) is 4.80. The Bertz CT molecular complexity index is 348. The maximum absolute atomic E-state index is 5.34. The molecule has 2 rings (SSSR count). The lowest BCUT2D eigenvalue weighted by atomic mass is 10.1. The van der Waals surface area contributed by atoms with E-state index >= 15 is 0 Å². The fraction of sp³-hybridized carbons (Fsp3) is 0.600. The van der Waals surface area contributed by atoms with Gasteiger partial charge in [0, 0.05) is 32.7 Å². The van der Waals surface area contributed by atoms with Crippen LogP contribution in [0.3, 0.4) is 0 Å². The van der Waals surface area contributed by atoms with Crippen LogP contribution in [0.2, 0.25) is 0 Å². The van der Waals surface area contributed by atoms with Crippen LogP contribution in [-0.2, 0) is 17.7 Å². The molecule has 1 saturated heterocycles. The summed E-state index contributed by atoms with van der Waals surface area (Å²) in [4.78, 5) is 2.46. The van der Waals surface area contributed by atoms with Gasteiger partial charge in [-0.3, -0.25) is 4.90 Å². The van der Waals surface area contributed by atoms with Crippen LogP contribution in [0.4, 0.5) is 0 Å². The van der Waals surface area contributed by atoms with E-state index in [1.807, 2.05) is 0 Å². The van der Waals surface area contributed by atoms with Gasteiger partial charge in [0.15, 0.2) is 0 Å². The van der Waals surface area contributed by atoms with Gasteiger partial charge in [-0.2, -0.15) is 0 Å². The van der Waals surface area contributed by atoms with Gasteiger partial charge in [0.2, 0.25) is 0 Å². The predicted molar refractivity (Wildman–Crippen MR) is 74.8 cm³/mol. The fourth-order valence-electron chi connectivity index (χ4n) is 2.25. The zero-order valence-electron chi connectivity index (χ0n) is 11.3. The topological polar surface area (TPSA) is 24.5 Å². The number of ether oxygens (including phenoxy) is 1. The molecule has 0 bridgehead atoms. The van der Waals surface area contributed by atoms with Gasteiger partial charge in [0.25, 0.3) is 0 Å². The molecule has 0 saturated carbocycles. The number of nitrogens with one attached hydrogen (secondary N) is 1. The van der Waals surface area contributed by atoms with E-state index in [4.69, 9.17) is 4.74 Å². The number of hydrogen-bond donors (Lipinski definition) is 1. The Hall–Kier alpha value is -0.900. The molecule has 1 N–H and O–H groups in total. The van der Waals surface area contributed by atoms with E-state index in [1.165, 1.54) is 11.1 Å². The standard InChI is InChI=1S/C15H24N2O/c1-2-14-4-3-5-15(12-14)13-16-6-7-17-8-10-18-11-9-17/h3-5,12,16H,2,6-11,13H2,1H3. The Kier molecular flexibility index (Phi) is 5.65. The second-order valence-electron chi connectivity index (χ2n) is 4.80. The molecule has 0 amide bonds. The minimum Gasteiger partial charge on any atom is -0.379 e. The first kappa shape index (κ1) is 13.5. The molecule has 3 heteroatoms. The van der Waals surface area contributed by atoms with E-state index in [1.54, 1.807) is 0 Å². The van der Waals surface area contributed by atoms with Crippen molar-refractivity contribution in [3.63, 3.8) is 0 Å². The van der Waals surface area contributed by atoms with Crippen molar-refractivity contribution in [2.45, 2.75) is 19.9 Å². The number of nitrogens with zero attached hydrogens (tertiary/aromatic N) is 1. The molecular weight excluding hydrogens is 224 g/mol. The summed E-state index contributed by atoms with van der Waals surface area (Å²) in [6.07, 6.45) is 1.11. The van der Waals surface area contributed by atoms with Gasteiger partial charge in [-0.15, -0.1) is 0 Å². The quantitative estimate of drug-likeness (QED) is 0.775. The van der Waals surface area contributed by atoms with Crippen molar-refractivity contribution in [3.05, 3.63) is 35.4 Å². The van der Waals surface area contributed by atoms with Crippen LogP contribution in [0, 0.1) is 0 Å². The number of aryl methyl sites for hydroxylation is 1. The molecule has 1 heterocycles. The third kappa shape index (κ3) is 4.41. The average Bonchev–Trinajstić information content (AvgIpc) is 2.45. The van der Waals surface area contributed by atoms with Gasteiger partial charge in [0.05, 0.1) is 13.2 Å². The van der Waals surface area contributed by atoms with Crippen LogP contribution in [0.5, 0.6) is 0 Å². The van der Waals surface area contributed by atoms with E-state index in [9.17, 15) is 0 Å². The van der Waals surface area contributed by atoms with Crippen LogP contribution >= 0.6 is 0 Å². The SMILES string of the molecule is CCc1cccc(CNCCN2CCOCC2)c1. The van der Waals surface area contributed by atoms with Crippen LogP contribution in [0.1, 0.15) is 18.1 Å². The summed E-state index contributed by atoms with van der Waals surface area (Å²) in [6, 6.07) is 8.83. The van der Waals surface area contributed by atoms with Gasteiger partial charge in [-0.25, -0.2) is 0 Å². The van der Waals surface area contributed by atoms with Gasteiger partial charge >= 0.3 is 0 Å². The van der Waals surface area contributed by atoms with Gasteiger partial charge < -0.3 is 10.1 Å². The van der Waals surface area contributed by atoms with E-state index in [0.717, 1.165) is 52.4 Å².